The lowest BCUT2D eigenvalue weighted by atomic mass is 10.1. The molecule has 1 N–H and O–H groups in total. The van der Waals surface area contributed by atoms with Gasteiger partial charge in [-0.25, -0.2) is 4.98 Å². The summed E-state index contributed by atoms with van der Waals surface area (Å²) in [6.45, 7) is 3.86. The standard InChI is InChI=1S/C25H28N4O/c1-2-7-23-27-25-21(10-6-11-22(25)29(23)20-13-14-20)28-16-19(17-28)26-24(30)15-12-18-8-4-3-5-9-18/h3-6,8-12,15,19-20H,2,7,13-14,16-17H2,1H3,(H,26,30)/b15-12+. The molecule has 1 aromatic heterocycles. The van der Waals surface area contributed by atoms with E-state index in [9.17, 15) is 4.79 Å². The highest BCUT2D eigenvalue weighted by molar-refractivity contribution is 5.93. The van der Waals surface area contributed by atoms with Crippen molar-refractivity contribution < 1.29 is 4.79 Å². The molecule has 1 saturated heterocycles. The summed E-state index contributed by atoms with van der Waals surface area (Å²) in [7, 11) is 0. The van der Waals surface area contributed by atoms with Gasteiger partial charge in [-0.05, 0) is 43.0 Å². The van der Waals surface area contributed by atoms with E-state index in [-0.39, 0.29) is 11.9 Å². The average molecular weight is 401 g/mol. The van der Waals surface area contributed by atoms with E-state index in [1.54, 1.807) is 6.08 Å². The van der Waals surface area contributed by atoms with Crippen LogP contribution in [0.15, 0.2) is 54.6 Å². The monoisotopic (exact) mass is 400 g/mol. The number of nitrogens with zero attached hydrogens (tertiary/aromatic N) is 3. The Bertz CT molecular complexity index is 1080. The van der Waals surface area contributed by atoms with E-state index in [1.807, 2.05) is 36.4 Å². The van der Waals surface area contributed by atoms with Gasteiger partial charge >= 0.3 is 0 Å². The molecule has 0 radical (unpaired) electrons. The maximum atomic E-state index is 12.2. The van der Waals surface area contributed by atoms with Crippen LogP contribution in [0.3, 0.4) is 0 Å². The first-order valence-electron chi connectivity index (χ1n) is 11.0. The highest BCUT2D eigenvalue weighted by atomic mass is 16.1. The number of para-hydroxylation sites is 1. The molecule has 30 heavy (non-hydrogen) atoms. The Morgan fingerprint density at radius 1 is 1.13 bits per heavy atom. The molecule has 1 aliphatic heterocycles. The summed E-state index contributed by atoms with van der Waals surface area (Å²) < 4.78 is 2.47. The van der Waals surface area contributed by atoms with Crippen molar-refractivity contribution in [2.24, 2.45) is 0 Å². The lowest BCUT2D eigenvalue weighted by Crippen LogP contribution is -2.59. The number of carbonyl (C=O) groups excluding carboxylic acids is 1. The number of hydrogen-bond donors (Lipinski definition) is 1. The zero-order valence-electron chi connectivity index (χ0n) is 17.4. The number of nitrogens with one attached hydrogen (secondary N) is 1. The Labute approximate surface area is 177 Å². The zero-order valence-corrected chi connectivity index (χ0v) is 17.4. The minimum absolute atomic E-state index is 0.0371. The van der Waals surface area contributed by atoms with Crippen LogP contribution in [0.1, 0.15) is 43.6 Å². The molecule has 154 valence electrons. The van der Waals surface area contributed by atoms with Crippen LogP contribution in [0.4, 0.5) is 5.69 Å². The van der Waals surface area contributed by atoms with E-state index in [4.69, 9.17) is 4.98 Å². The van der Waals surface area contributed by atoms with Crippen LogP contribution in [0.25, 0.3) is 17.1 Å². The molecule has 0 unspecified atom stereocenters. The second-order valence-corrected chi connectivity index (χ2v) is 8.38. The van der Waals surface area contributed by atoms with Crippen LogP contribution in [0.2, 0.25) is 0 Å². The fourth-order valence-corrected chi connectivity index (χ4v) is 4.30. The fourth-order valence-electron chi connectivity index (χ4n) is 4.30. The Kier molecular flexibility index (Phi) is 5.03. The molecule has 2 aromatic carbocycles. The van der Waals surface area contributed by atoms with Crippen molar-refractivity contribution in [3.05, 3.63) is 66.0 Å². The van der Waals surface area contributed by atoms with Crippen LogP contribution in [0.5, 0.6) is 0 Å². The predicted molar refractivity (Wildman–Crippen MR) is 122 cm³/mol. The summed E-state index contributed by atoms with van der Waals surface area (Å²) in [5, 5.41) is 3.11. The van der Waals surface area contributed by atoms with Crippen molar-refractivity contribution in [2.75, 3.05) is 18.0 Å². The summed E-state index contributed by atoms with van der Waals surface area (Å²) in [5.74, 6) is 1.18. The third-order valence-electron chi connectivity index (χ3n) is 5.95. The Morgan fingerprint density at radius 2 is 1.93 bits per heavy atom. The molecule has 5 nitrogen and oxygen atoms in total. The van der Waals surface area contributed by atoms with Gasteiger partial charge in [0.1, 0.15) is 11.3 Å². The van der Waals surface area contributed by atoms with Gasteiger partial charge in [-0.1, -0.05) is 43.3 Å². The molecule has 2 fully saturated rings. The minimum atomic E-state index is -0.0371. The number of aryl methyl sites for hydroxylation is 1. The van der Waals surface area contributed by atoms with Crippen LogP contribution >= 0.6 is 0 Å². The number of hydrogen-bond acceptors (Lipinski definition) is 3. The van der Waals surface area contributed by atoms with Gasteiger partial charge in [-0.2, -0.15) is 0 Å². The van der Waals surface area contributed by atoms with E-state index < -0.39 is 0 Å². The SMILES string of the molecule is CCCc1nc2c(N3CC(NC(=O)/C=C/c4ccccc4)C3)cccc2n1C1CC1. The van der Waals surface area contributed by atoms with Crippen molar-refractivity contribution in [3.63, 3.8) is 0 Å². The Hall–Kier alpha value is -3.08. The predicted octanol–water partition coefficient (Wildman–Crippen LogP) is 4.34. The lowest BCUT2D eigenvalue weighted by molar-refractivity contribution is -0.117. The number of carbonyl (C=O) groups is 1. The van der Waals surface area contributed by atoms with E-state index in [1.165, 1.54) is 29.9 Å². The Balaban J connectivity index is 1.26. The van der Waals surface area contributed by atoms with Gasteiger partial charge in [-0.3, -0.25) is 4.79 Å². The summed E-state index contributed by atoms with van der Waals surface area (Å²) in [6, 6.07) is 17.2. The Morgan fingerprint density at radius 3 is 2.67 bits per heavy atom. The first-order valence-corrected chi connectivity index (χ1v) is 11.0. The third-order valence-corrected chi connectivity index (χ3v) is 5.95. The zero-order chi connectivity index (χ0) is 20.5. The maximum absolute atomic E-state index is 12.2. The maximum Gasteiger partial charge on any atom is 0.244 e. The average Bonchev–Trinajstić information content (AvgIpc) is 3.50. The summed E-state index contributed by atoms with van der Waals surface area (Å²) in [5.41, 5.74) is 4.59. The highest BCUT2D eigenvalue weighted by Gasteiger charge is 2.32. The number of aromatic nitrogens is 2. The largest absolute Gasteiger partial charge is 0.365 e. The van der Waals surface area contributed by atoms with Crippen LogP contribution < -0.4 is 10.2 Å². The van der Waals surface area contributed by atoms with Gasteiger partial charge in [0, 0.05) is 31.6 Å². The minimum Gasteiger partial charge on any atom is -0.365 e. The summed E-state index contributed by atoms with van der Waals surface area (Å²) in [4.78, 5) is 19.6. The lowest BCUT2D eigenvalue weighted by Gasteiger charge is -2.41. The number of amides is 1. The summed E-state index contributed by atoms with van der Waals surface area (Å²) in [6.07, 6.45) is 8.14. The van der Waals surface area contributed by atoms with Crippen LogP contribution in [0, 0.1) is 0 Å². The molecule has 0 bridgehead atoms. The number of imidazole rings is 1. The van der Waals surface area contributed by atoms with Crippen LogP contribution in [-0.4, -0.2) is 34.6 Å². The molecule has 0 atom stereocenters. The molecule has 2 heterocycles. The van der Waals surface area contributed by atoms with Crippen molar-refractivity contribution in [3.8, 4) is 0 Å². The van der Waals surface area contributed by atoms with Gasteiger partial charge in [0.05, 0.1) is 17.2 Å². The molecule has 3 aromatic rings. The molecule has 1 saturated carbocycles. The normalized spacial score (nSPS) is 16.9. The molecule has 5 rings (SSSR count). The molecule has 1 amide bonds. The molecular weight excluding hydrogens is 372 g/mol. The number of rotatable bonds is 7. The van der Waals surface area contributed by atoms with Gasteiger partial charge in [0.25, 0.3) is 0 Å². The first-order chi connectivity index (χ1) is 14.7. The van der Waals surface area contributed by atoms with Crippen molar-refractivity contribution in [1.29, 1.82) is 0 Å². The van der Waals surface area contributed by atoms with Crippen molar-refractivity contribution in [2.45, 2.75) is 44.7 Å². The van der Waals surface area contributed by atoms with Crippen molar-refractivity contribution in [1.82, 2.24) is 14.9 Å². The van der Waals surface area contributed by atoms with Gasteiger partial charge in [0.15, 0.2) is 0 Å². The molecule has 1 aliphatic carbocycles. The highest BCUT2D eigenvalue weighted by Crippen LogP contribution is 2.41. The van der Waals surface area contributed by atoms with Gasteiger partial charge in [-0.15, -0.1) is 0 Å². The molecule has 5 heteroatoms. The fraction of sp³-hybridized carbons (Fsp3) is 0.360. The van der Waals surface area contributed by atoms with Crippen LogP contribution in [-0.2, 0) is 11.2 Å². The van der Waals surface area contributed by atoms with E-state index in [2.05, 4.69) is 39.9 Å². The second kappa shape index (κ2) is 7.98. The quantitative estimate of drug-likeness (QED) is 0.600. The third kappa shape index (κ3) is 3.72. The number of benzene rings is 2. The number of anilines is 1. The van der Waals surface area contributed by atoms with Gasteiger partial charge in [0.2, 0.25) is 5.91 Å². The van der Waals surface area contributed by atoms with Crippen molar-refractivity contribution >= 4 is 28.7 Å². The first kappa shape index (κ1) is 18.9. The second-order valence-electron chi connectivity index (χ2n) is 8.38. The van der Waals surface area contributed by atoms with Gasteiger partial charge < -0.3 is 14.8 Å². The van der Waals surface area contributed by atoms with E-state index in [0.29, 0.717) is 6.04 Å². The molecule has 2 aliphatic rings. The molecular formula is C25H28N4O. The topological polar surface area (TPSA) is 50.2 Å². The number of fused-ring (bicyclic) bond motifs is 1. The summed E-state index contributed by atoms with van der Waals surface area (Å²) >= 11 is 0. The molecule has 0 spiro atoms. The van der Waals surface area contributed by atoms with E-state index >= 15 is 0 Å². The smallest absolute Gasteiger partial charge is 0.244 e. The van der Waals surface area contributed by atoms with E-state index in [0.717, 1.165) is 37.0 Å².